The molecule has 2 N–H and O–H groups in total. The molecule has 0 bridgehead atoms. The van der Waals surface area contributed by atoms with Gasteiger partial charge in [-0.1, -0.05) is 34.1 Å². The maximum absolute atomic E-state index is 6.39. The second kappa shape index (κ2) is 7.16. The Hall–Kier alpha value is -0.970. The van der Waals surface area contributed by atoms with Crippen LogP contribution in [0.5, 0.6) is 5.75 Å². The highest BCUT2D eigenvalue weighted by molar-refractivity contribution is 9.10. The fourth-order valence-corrected chi connectivity index (χ4v) is 3.23. The molecule has 106 valence electrons. The van der Waals surface area contributed by atoms with Gasteiger partial charge in [0.15, 0.2) is 0 Å². The third kappa shape index (κ3) is 3.57. The lowest BCUT2D eigenvalue weighted by molar-refractivity contribution is 0.414. The topological polar surface area (TPSA) is 35.2 Å². The van der Waals surface area contributed by atoms with E-state index >= 15 is 0 Å². The molecule has 2 aromatic carbocycles. The Balaban J connectivity index is 2.25. The molecular formula is C16H18BrNOS. The van der Waals surface area contributed by atoms with E-state index in [0.717, 1.165) is 22.2 Å². The molecule has 20 heavy (non-hydrogen) atoms. The van der Waals surface area contributed by atoms with E-state index in [9.17, 15) is 0 Å². The van der Waals surface area contributed by atoms with Crippen molar-refractivity contribution in [1.82, 2.24) is 0 Å². The lowest BCUT2D eigenvalue weighted by Crippen LogP contribution is -2.14. The fourth-order valence-electron chi connectivity index (χ4n) is 2.15. The zero-order valence-electron chi connectivity index (χ0n) is 11.6. The molecule has 1 atom stereocenters. The normalized spacial score (nSPS) is 12.2. The van der Waals surface area contributed by atoms with Gasteiger partial charge in [-0.05, 0) is 48.1 Å². The third-order valence-electron chi connectivity index (χ3n) is 3.23. The van der Waals surface area contributed by atoms with Gasteiger partial charge < -0.3 is 10.5 Å². The first-order chi connectivity index (χ1) is 9.65. The predicted molar refractivity (Wildman–Crippen MR) is 89.5 cm³/mol. The van der Waals surface area contributed by atoms with Crippen molar-refractivity contribution < 1.29 is 4.74 Å². The van der Waals surface area contributed by atoms with Gasteiger partial charge in [-0.25, -0.2) is 0 Å². The van der Waals surface area contributed by atoms with Gasteiger partial charge in [0.1, 0.15) is 5.75 Å². The number of halogens is 1. The number of rotatable bonds is 5. The van der Waals surface area contributed by atoms with E-state index in [2.05, 4.69) is 34.3 Å². The SMILES string of the molecule is COc1ccc(Br)c(CC(N)c2ccccc2SC)c1. The van der Waals surface area contributed by atoms with Crippen LogP contribution in [-0.2, 0) is 6.42 Å². The minimum Gasteiger partial charge on any atom is -0.497 e. The van der Waals surface area contributed by atoms with Crippen LogP contribution in [0, 0.1) is 0 Å². The summed E-state index contributed by atoms with van der Waals surface area (Å²) in [6, 6.07) is 14.2. The van der Waals surface area contributed by atoms with Crippen molar-refractivity contribution in [1.29, 1.82) is 0 Å². The molecule has 2 aromatic rings. The molecule has 0 aliphatic carbocycles. The zero-order valence-corrected chi connectivity index (χ0v) is 14.0. The maximum atomic E-state index is 6.39. The molecule has 0 spiro atoms. The fraction of sp³-hybridized carbons (Fsp3) is 0.250. The maximum Gasteiger partial charge on any atom is 0.119 e. The summed E-state index contributed by atoms with van der Waals surface area (Å²) in [5, 5.41) is 0. The smallest absolute Gasteiger partial charge is 0.119 e. The number of hydrogen-bond acceptors (Lipinski definition) is 3. The van der Waals surface area contributed by atoms with E-state index in [0.29, 0.717) is 0 Å². The molecule has 0 saturated heterocycles. The summed E-state index contributed by atoms with van der Waals surface area (Å²) in [6.07, 6.45) is 2.85. The highest BCUT2D eigenvalue weighted by atomic mass is 79.9. The van der Waals surface area contributed by atoms with Crippen LogP contribution in [0.1, 0.15) is 17.2 Å². The van der Waals surface area contributed by atoms with Crippen LogP contribution in [0.15, 0.2) is 51.8 Å². The van der Waals surface area contributed by atoms with Crippen LogP contribution in [0.3, 0.4) is 0 Å². The summed E-state index contributed by atoms with van der Waals surface area (Å²) in [4.78, 5) is 1.24. The minimum absolute atomic E-state index is 0.0259. The van der Waals surface area contributed by atoms with Crippen LogP contribution in [-0.4, -0.2) is 13.4 Å². The van der Waals surface area contributed by atoms with Crippen molar-refractivity contribution >= 4 is 27.7 Å². The number of hydrogen-bond donors (Lipinski definition) is 1. The molecule has 0 radical (unpaired) electrons. The van der Waals surface area contributed by atoms with E-state index < -0.39 is 0 Å². The van der Waals surface area contributed by atoms with Gasteiger partial charge in [0.2, 0.25) is 0 Å². The van der Waals surface area contributed by atoms with Crippen molar-refractivity contribution in [3.63, 3.8) is 0 Å². The second-order valence-electron chi connectivity index (χ2n) is 4.51. The van der Waals surface area contributed by atoms with Crippen molar-refractivity contribution in [3.05, 3.63) is 58.1 Å². The van der Waals surface area contributed by atoms with Gasteiger partial charge in [-0.3, -0.25) is 0 Å². The van der Waals surface area contributed by atoms with Crippen molar-refractivity contribution in [2.24, 2.45) is 5.73 Å². The van der Waals surface area contributed by atoms with Crippen molar-refractivity contribution in [2.45, 2.75) is 17.4 Å². The Bertz CT molecular complexity index is 588. The largest absolute Gasteiger partial charge is 0.497 e. The van der Waals surface area contributed by atoms with Crippen molar-refractivity contribution in [2.75, 3.05) is 13.4 Å². The lowest BCUT2D eigenvalue weighted by atomic mass is 9.99. The number of ether oxygens (including phenoxy) is 1. The van der Waals surface area contributed by atoms with Crippen LogP contribution >= 0.6 is 27.7 Å². The summed E-state index contributed by atoms with van der Waals surface area (Å²) in [7, 11) is 1.68. The zero-order chi connectivity index (χ0) is 14.5. The Morgan fingerprint density at radius 2 is 2.00 bits per heavy atom. The molecule has 0 heterocycles. The summed E-state index contributed by atoms with van der Waals surface area (Å²) in [5.74, 6) is 0.855. The molecule has 4 heteroatoms. The van der Waals surface area contributed by atoms with Gasteiger partial charge in [-0.2, -0.15) is 0 Å². The Morgan fingerprint density at radius 1 is 1.25 bits per heavy atom. The van der Waals surface area contributed by atoms with Crippen LogP contribution in [0.4, 0.5) is 0 Å². The van der Waals surface area contributed by atoms with E-state index in [-0.39, 0.29) is 6.04 Å². The van der Waals surface area contributed by atoms with Crippen LogP contribution < -0.4 is 10.5 Å². The number of nitrogens with two attached hydrogens (primary N) is 1. The standard InChI is InChI=1S/C16H18BrNOS/c1-19-12-7-8-14(17)11(9-12)10-15(18)13-5-3-4-6-16(13)20-2/h3-9,15H,10,18H2,1-2H3. The molecule has 0 aromatic heterocycles. The first-order valence-corrected chi connectivity index (χ1v) is 8.38. The third-order valence-corrected chi connectivity index (χ3v) is 4.82. The van der Waals surface area contributed by atoms with Gasteiger partial charge in [0.25, 0.3) is 0 Å². The van der Waals surface area contributed by atoms with Gasteiger partial charge in [0.05, 0.1) is 7.11 Å². The molecule has 0 aliphatic rings. The molecular weight excluding hydrogens is 334 g/mol. The average molecular weight is 352 g/mol. The van der Waals surface area contributed by atoms with E-state index in [4.69, 9.17) is 10.5 Å². The second-order valence-corrected chi connectivity index (χ2v) is 6.21. The summed E-state index contributed by atoms with van der Waals surface area (Å²) in [5.41, 5.74) is 8.74. The Morgan fingerprint density at radius 3 is 2.70 bits per heavy atom. The van der Waals surface area contributed by atoms with Crippen molar-refractivity contribution in [3.8, 4) is 5.75 Å². The molecule has 0 saturated carbocycles. The molecule has 0 amide bonds. The monoisotopic (exact) mass is 351 g/mol. The number of thioether (sulfide) groups is 1. The molecule has 0 aliphatic heterocycles. The molecule has 1 unspecified atom stereocenters. The van der Waals surface area contributed by atoms with E-state index in [1.54, 1.807) is 18.9 Å². The Kier molecular flexibility index (Phi) is 5.52. The average Bonchev–Trinajstić information content (AvgIpc) is 2.49. The minimum atomic E-state index is -0.0259. The molecule has 0 fully saturated rings. The van der Waals surface area contributed by atoms with Crippen LogP contribution in [0.2, 0.25) is 0 Å². The van der Waals surface area contributed by atoms with Crippen LogP contribution in [0.25, 0.3) is 0 Å². The molecule has 2 rings (SSSR count). The molecule has 2 nitrogen and oxygen atoms in total. The number of methoxy groups -OCH3 is 1. The summed E-state index contributed by atoms with van der Waals surface area (Å²) >= 11 is 5.31. The van der Waals surface area contributed by atoms with E-state index in [1.807, 2.05) is 30.3 Å². The first kappa shape index (κ1) is 15.4. The Labute approximate surface area is 132 Å². The number of benzene rings is 2. The quantitative estimate of drug-likeness (QED) is 0.809. The van der Waals surface area contributed by atoms with Gasteiger partial charge in [0, 0.05) is 15.4 Å². The highest BCUT2D eigenvalue weighted by Gasteiger charge is 2.13. The summed E-state index contributed by atoms with van der Waals surface area (Å²) in [6.45, 7) is 0. The predicted octanol–water partition coefficient (Wildman–Crippen LogP) is 4.42. The first-order valence-electron chi connectivity index (χ1n) is 6.36. The van der Waals surface area contributed by atoms with E-state index in [1.165, 1.54) is 10.5 Å². The summed E-state index contributed by atoms with van der Waals surface area (Å²) < 4.78 is 6.34. The highest BCUT2D eigenvalue weighted by Crippen LogP contribution is 2.30. The lowest BCUT2D eigenvalue weighted by Gasteiger charge is -2.17. The van der Waals surface area contributed by atoms with Gasteiger partial charge >= 0.3 is 0 Å². The van der Waals surface area contributed by atoms with Gasteiger partial charge in [-0.15, -0.1) is 11.8 Å².